The van der Waals surface area contributed by atoms with Crippen molar-refractivity contribution >= 4 is 16.2 Å². The highest BCUT2D eigenvalue weighted by Gasteiger charge is 2.55. The van der Waals surface area contributed by atoms with Crippen LogP contribution in [0.25, 0.3) is 10.4 Å². The highest BCUT2D eigenvalue weighted by molar-refractivity contribution is 7.87. The molecule has 164 valence electrons. The molecule has 1 saturated heterocycles. The van der Waals surface area contributed by atoms with Crippen LogP contribution < -0.4 is 4.72 Å². The predicted octanol–water partition coefficient (Wildman–Crippen LogP) is 1.89. The van der Waals surface area contributed by atoms with Gasteiger partial charge in [0.2, 0.25) is 0 Å². The second-order valence-electron chi connectivity index (χ2n) is 7.83. The van der Waals surface area contributed by atoms with Gasteiger partial charge in [0.25, 0.3) is 10.2 Å². The molecule has 0 radical (unpaired) electrons. The number of carbonyl (C=O) groups excluding carboxylic acids is 1. The van der Waals surface area contributed by atoms with Crippen LogP contribution in [0.15, 0.2) is 48.1 Å². The Morgan fingerprint density at radius 1 is 1.50 bits per heavy atom. The average molecular weight is 438 g/mol. The molecule has 0 aliphatic carbocycles. The van der Waals surface area contributed by atoms with Crippen LogP contribution >= 0.6 is 0 Å². The van der Waals surface area contributed by atoms with Crippen molar-refractivity contribution in [3.63, 3.8) is 0 Å². The fraction of sp³-hybridized carbons (Fsp3) is 0.526. The molecule has 1 aliphatic heterocycles. The molecule has 1 aromatic carbocycles. The molecule has 2 atom stereocenters. The summed E-state index contributed by atoms with van der Waals surface area (Å²) < 4.78 is 34.2. The molecule has 0 aromatic heterocycles. The molecule has 2 rings (SSSR count). The fourth-order valence-corrected chi connectivity index (χ4v) is 4.65. The van der Waals surface area contributed by atoms with Gasteiger partial charge in [-0.15, -0.1) is 6.58 Å². The summed E-state index contributed by atoms with van der Waals surface area (Å²) in [6, 6.07) is 8.98. The Kier molecular flexibility index (Phi) is 7.62. The lowest BCUT2D eigenvalue weighted by molar-refractivity contribution is -0.152. The number of esters is 1. The number of ether oxygens (including phenoxy) is 1. The second-order valence-corrected chi connectivity index (χ2v) is 9.58. The van der Waals surface area contributed by atoms with E-state index >= 15 is 0 Å². The highest BCUT2D eigenvalue weighted by atomic mass is 32.2. The quantitative estimate of drug-likeness (QED) is 0.189. The van der Waals surface area contributed by atoms with Gasteiger partial charge in [0.05, 0.1) is 5.60 Å². The van der Waals surface area contributed by atoms with E-state index < -0.39 is 33.2 Å². The Bertz CT molecular complexity index is 909. The maximum Gasteiger partial charge on any atom is 0.320 e. The second kappa shape index (κ2) is 9.59. The number of azide groups is 1. The molecule has 1 unspecified atom stereocenters. The highest BCUT2D eigenvalue weighted by Crippen LogP contribution is 2.37. The maximum atomic E-state index is 13.0. The van der Waals surface area contributed by atoms with Gasteiger partial charge in [-0.1, -0.05) is 41.5 Å². The van der Waals surface area contributed by atoms with Gasteiger partial charge in [0.1, 0.15) is 6.61 Å². The van der Waals surface area contributed by atoms with E-state index in [0.717, 1.165) is 9.87 Å². The molecule has 10 nitrogen and oxygen atoms in total. The fourth-order valence-electron chi connectivity index (χ4n) is 3.19. The lowest BCUT2D eigenvalue weighted by Gasteiger charge is -2.27. The third-order valence-electron chi connectivity index (χ3n) is 4.78. The molecule has 0 amide bonds. The Balaban J connectivity index is 2.27. The number of hydrogen-bond acceptors (Lipinski definition) is 6. The van der Waals surface area contributed by atoms with Gasteiger partial charge in [0.15, 0.2) is 5.54 Å². The molecule has 0 spiro atoms. The van der Waals surface area contributed by atoms with E-state index in [9.17, 15) is 18.3 Å². The number of carbonyl (C=O) groups is 1. The van der Waals surface area contributed by atoms with Crippen LogP contribution in [-0.4, -0.2) is 54.6 Å². The summed E-state index contributed by atoms with van der Waals surface area (Å²) in [4.78, 5) is 15.8. The number of allylic oxidation sites excluding steroid dienone is 1. The Morgan fingerprint density at radius 3 is 2.73 bits per heavy atom. The predicted molar refractivity (Wildman–Crippen MR) is 111 cm³/mol. The summed E-state index contributed by atoms with van der Waals surface area (Å²) in [6.07, 6.45) is 1.79. The molecule has 1 fully saturated rings. The van der Waals surface area contributed by atoms with E-state index in [1.165, 1.54) is 19.9 Å². The lowest BCUT2D eigenvalue weighted by atomic mass is 9.85. The Labute approximate surface area is 176 Å². The first-order valence-electron chi connectivity index (χ1n) is 9.39. The van der Waals surface area contributed by atoms with Crippen molar-refractivity contribution in [3.05, 3.63) is 59.0 Å². The molecule has 11 heteroatoms. The zero-order chi connectivity index (χ0) is 22.4. The van der Waals surface area contributed by atoms with Gasteiger partial charge in [-0.25, -0.2) is 0 Å². The number of aliphatic hydroxyl groups is 1. The van der Waals surface area contributed by atoms with Gasteiger partial charge in [-0.2, -0.15) is 17.4 Å². The van der Waals surface area contributed by atoms with Crippen LogP contribution in [0.3, 0.4) is 0 Å². The third-order valence-corrected chi connectivity index (χ3v) is 6.25. The maximum absolute atomic E-state index is 13.0. The van der Waals surface area contributed by atoms with Crippen LogP contribution in [0.5, 0.6) is 0 Å². The van der Waals surface area contributed by atoms with Gasteiger partial charge >= 0.3 is 5.97 Å². The van der Waals surface area contributed by atoms with Gasteiger partial charge < -0.3 is 9.84 Å². The van der Waals surface area contributed by atoms with Crippen LogP contribution in [0.4, 0.5) is 0 Å². The Morgan fingerprint density at radius 2 is 2.17 bits per heavy atom. The number of rotatable bonds is 10. The SMILES string of the molecule is C=CC[C@H]1CN(S(=O)(=O)NCC(C)(C)O)CC1(N=[N+]=[N-])C(=O)OCc1ccccc1. The summed E-state index contributed by atoms with van der Waals surface area (Å²) in [7, 11) is -4.04. The first-order valence-corrected chi connectivity index (χ1v) is 10.8. The average Bonchev–Trinajstić information content (AvgIpc) is 3.06. The molecule has 0 saturated carbocycles. The monoisotopic (exact) mass is 437 g/mol. The van der Waals surface area contributed by atoms with Crippen molar-refractivity contribution in [1.82, 2.24) is 9.03 Å². The minimum absolute atomic E-state index is 0.0348. The summed E-state index contributed by atoms with van der Waals surface area (Å²) >= 11 is 0. The minimum atomic E-state index is -4.04. The first-order chi connectivity index (χ1) is 14.0. The largest absolute Gasteiger partial charge is 0.460 e. The van der Waals surface area contributed by atoms with Crippen LogP contribution in [0.1, 0.15) is 25.8 Å². The first kappa shape index (κ1) is 23.8. The van der Waals surface area contributed by atoms with Crippen molar-refractivity contribution in [2.45, 2.75) is 38.0 Å². The number of hydrogen-bond donors (Lipinski definition) is 2. The summed E-state index contributed by atoms with van der Waals surface area (Å²) in [5, 5.41) is 13.5. The van der Waals surface area contributed by atoms with Gasteiger partial charge in [0, 0.05) is 24.5 Å². The third kappa shape index (κ3) is 5.80. The molecule has 30 heavy (non-hydrogen) atoms. The van der Waals surface area contributed by atoms with Crippen molar-refractivity contribution < 1.29 is 23.1 Å². The van der Waals surface area contributed by atoms with E-state index in [1.807, 2.05) is 6.07 Å². The number of benzene rings is 1. The molecular formula is C19H27N5O5S. The summed E-state index contributed by atoms with van der Waals surface area (Å²) in [6.45, 7) is 5.90. The van der Waals surface area contributed by atoms with Crippen LogP contribution in [0.2, 0.25) is 0 Å². The van der Waals surface area contributed by atoms with Crippen molar-refractivity contribution in [2.75, 3.05) is 19.6 Å². The molecule has 1 heterocycles. The van der Waals surface area contributed by atoms with E-state index in [-0.39, 0.29) is 32.7 Å². The number of nitrogens with one attached hydrogen (secondary N) is 1. The minimum Gasteiger partial charge on any atom is -0.460 e. The standard InChI is InChI=1S/C19H27N5O5S/c1-4-8-16-11-24(30(27,28)21-13-18(2,3)26)14-19(16,22-23-20)17(25)29-12-15-9-6-5-7-10-15/h4-7,9-10,16,21,26H,1,8,11-14H2,2-3H3/t16-,19?/m0/s1. The topological polar surface area (TPSA) is 145 Å². The molecular weight excluding hydrogens is 410 g/mol. The molecule has 2 N–H and O–H groups in total. The van der Waals surface area contributed by atoms with Crippen LogP contribution in [-0.2, 0) is 26.3 Å². The zero-order valence-corrected chi connectivity index (χ0v) is 17.9. The van der Waals surface area contributed by atoms with E-state index in [4.69, 9.17) is 10.3 Å². The van der Waals surface area contributed by atoms with Crippen molar-refractivity contribution in [1.29, 1.82) is 0 Å². The molecule has 1 aromatic rings. The molecule has 0 bridgehead atoms. The summed E-state index contributed by atoms with van der Waals surface area (Å²) in [5.74, 6) is -1.44. The van der Waals surface area contributed by atoms with Gasteiger partial charge in [-0.05, 0) is 37.3 Å². The van der Waals surface area contributed by atoms with Crippen molar-refractivity contribution in [3.8, 4) is 0 Å². The number of nitrogens with zero attached hydrogens (tertiary/aromatic N) is 4. The van der Waals surface area contributed by atoms with Crippen molar-refractivity contribution in [2.24, 2.45) is 11.0 Å². The van der Waals surface area contributed by atoms with Gasteiger partial charge in [-0.3, -0.25) is 4.79 Å². The van der Waals surface area contributed by atoms with E-state index in [0.29, 0.717) is 0 Å². The lowest BCUT2D eigenvalue weighted by Crippen LogP contribution is -2.48. The normalized spacial score (nSPS) is 22.3. The molecule has 1 aliphatic rings. The van der Waals surface area contributed by atoms with Crippen LogP contribution in [0, 0.1) is 5.92 Å². The van der Waals surface area contributed by atoms with E-state index in [1.54, 1.807) is 24.3 Å². The van der Waals surface area contributed by atoms with E-state index in [2.05, 4.69) is 21.3 Å². The Hall–Kier alpha value is -2.43. The smallest absolute Gasteiger partial charge is 0.320 e. The zero-order valence-electron chi connectivity index (χ0n) is 17.1. The summed E-state index contributed by atoms with van der Waals surface area (Å²) in [5.41, 5.74) is 6.88.